The van der Waals surface area contributed by atoms with Gasteiger partial charge < -0.3 is 14.4 Å². The molecule has 0 aliphatic carbocycles. The lowest BCUT2D eigenvalue weighted by Crippen LogP contribution is -2.36. The highest BCUT2D eigenvalue weighted by Gasteiger charge is 2.29. The van der Waals surface area contributed by atoms with Crippen molar-refractivity contribution in [3.8, 4) is 0 Å². The third-order valence-electron chi connectivity index (χ3n) is 2.20. The van der Waals surface area contributed by atoms with Crippen LogP contribution in [-0.4, -0.2) is 42.4 Å². The molecule has 0 spiro atoms. The highest BCUT2D eigenvalue weighted by Crippen LogP contribution is 2.16. The van der Waals surface area contributed by atoms with Crippen LogP contribution in [0.25, 0.3) is 0 Å². The van der Waals surface area contributed by atoms with Gasteiger partial charge in [-0.3, -0.25) is 0 Å². The summed E-state index contributed by atoms with van der Waals surface area (Å²) in [6.07, 6.45) is 0.861. The van der Waals surface area contributed by atoms with Crippen molar-refractivity contribution < 1.29 is 14.3 Å². The van der Waals surface area contributed by atoms with E-state index in [1.807, 2.05) is 27.7 Å². The third kappa shape index (κ3) is 4.08. The van der Waals surface area contributed by atoms with E-state index in [0.717, 1.165) is 13.0 Å². The summed E-state index contributed by atoms with van der Waals surface area (Å²) in [5.41, 5.74) is -0.416. The maximum atomic E-state index is 11.7. The van der Waals surface area contributed by atoms with E-state index in [1.165, 1.54) is 0 Å². The Balaban J connectivity index is 2.37. The molecule has 0 saturated carbocycles. The molecule has 88 valence electrons. The summed E-state index contributed by atoms with van der Waals surface area (Å²) in [5, 5.41) is 0. The first-order valence-corrected chi connectivity index (χ1v) is 5.52. The maximum Gasteiger partial charge on any atom is 0.410 e. The van der Waals surface area contributed by atoms with Gasteiger partial charge in [0, 0.05) is 13.2 Å². The fraction of sp³-hybridized carbons (Fsp3) is 0.909. The second-order valence-corrected chi connectivity index (χ2v) is 4.79. The zero-order chi connectivity index (χ0) is 11.5. The van der Waals surface area contributed by atoms with E-state index in [0.29, 0.717) is 13.2 Å². The fourth-order valence-electron chi connectivity index (χ4n) is 1.59. The van der Waals surface area contributed by atoms with E-state index < -0.39 is 5.60 Å². The van der Waals surface area contributed by atoms with Crippen LogP contribution in [-0.2, 0) is 9.47 Å². The lowest BCUT2D eigenvalue weighted by molar-refractivity contribution is 0.0223. The van der Waals surface area contributed by atoms with Gasteiger partial charge in [0.05, 0.1) is 12.6 Å². The van der Waals surface area contributed by atoms with Gasteiger partial charge in [0.2, 0.25) is 0 Å². The Morgan fingerprint density at radius 2 is 2.13 bits per heavy atom. The van der Waals surface area contributed by atoms with Crippen molar-refractivity contribution in [2.24, 2.45) is 0 Å². The lowest BCUT2D eigenvalue weighted by atomic mass is 10.2. The van der Waals surface area contributed by atoms with E-state index >= 15 is 0 Å². The summed E-state index contributed by atoms with van der Waals surface area (Å²) in [4.78, 5) is 13.4. The van der Waals surface area contributed by atoms with Gasteiger partial charge in [-0.25, -0.2) is 4.79 Å². The van der Waals surface area contributed by atoms with Crippen molar-refractivity contribution in [3.05, 3.63) is 0 Å². The van der Waals surface area contributed by atoms with Crippen molar-refractivity contribution in [2.45, 2.75) is 45.8 Å². The van der Waals surface area contributed by atoms with Gasteiger partial charge in [-0.2, -0.15) is 0 Å². The lowest BCUT2D eigenvalue weighted by Gasteiger charge is -2.24. The first-order valence-electron chi connectivity index (χ1n) is 5.52. The van der Waals surface area contributed by atoms with E-state index in [2.05, 4.69) is 0 Å². The van der Waals surface area contributed by atoms with Crippen LogP contribution in [0.5, 0.6) is 0 Å². The molecule has 0 radical (unpaired) electrons. The molecule has 4 nitrogen and oxygen atoms in total. The molecule has 0 unspecified atom stereocenters. The van der Waals surface area contributed by atoms with Crippen molar-refractivity contribution in [2.75, 3.05) is 19.7 Å². The second kappa shape index (κ2) is 4.84. The van der Waals surface area contributed by atoms with Crippen LogP contribution in [0.2, 0.25) is 0 Å². The summed E-state index contributed by atoms with van der Waals surface area (Å²) in [7, 11) is 0. The van der Waals surface area contributed by atoms with Gasteiger partial charge >= 0.3 is 6.09 Å². The van der Waals surface area contributed by atoms with Crippen LogP contribution < -0.4 is 0 Å². The van der Waals surface area contributed by atoms with Gasteiger partial charge in [0.25, 0.3) is 0 Å². The molecule has 1 aliphatic rings. The molecule has 15 heavy (non-hydrogen) atoms. The van der Waals surface area contributed by atoms with Crippen LogP contribution in [0.4, 0.5) is 4.79 Å². The molecule has 0 N–H and O–H groups in total. The number of hydrogen-bond donors (Lipinski definition) is 0. The minimum absolute atomic E-state index is 0.183. The number of nitrogens with zero attached hydrogens (tertiary/aromatic N) is 1. The minimum Gasteiger partial charge on any atom is -0.444 e. The molecule has 0 aromatic heterocycles. The molecular weight excluding hydrogens is 194 g/mol. The summed E-state index contributed by atoms with van der Waals surface area (Å²) in [6, 6.07) is 0. The highest BCUT2D eigenvalue weighted by atomic mass is 16.6. The van der Waals surface area contributed by atoms with Crippen molar-refractivity contribution in [1.29, 1.82) is 0 Å². The van der Waals surface area contributed by atoms with E-state index in [-0.39, 0.29) is 12.2 Å². The van der Waals surface area contributed by atoms with Gasteiger partial charge in [-0.15, -0.1) is 0 Å². The van der Waals surface area contributed by atoms with Crippen LogP contribution in [0.1, 0.15) is 34.1 Å². The molecule has 1 rings (SSSR count). The standard InChI is InChI=1S/C11H21NO3/c1-5-14-9-6-7-12(8-9)10(13)15-11(2,3)4/h9H,5-8H2,1-4H3/t9-/m1/s1. The number of hydrogen-bond acceptors (Lipinski definition) is 3. The SMILES string of the molecule is CCO[C@@H]1CCN(C(=O)OC(C)(C)C)C1. The van der Waals surface area contributed by atoms with Crippen LogP contribution in [0, 0.1) is 0 Å². The quantitative estimate of drug-likeness (QED) is 0.707. The monoisotopic (exact) mass is 215 g/mol. The fourth-order valence-corrected chi connectivity index (χ4v) is 1.59. The average molecular weight is 215 g/mol. The van der Waals surface area contributed by atoms with Crippen molar-refractivity contribution >= 4 is 6.09 Å². The number of carbonyl (C=O) groups is 1. The van der Waals surface area contributed by atoms with E-state index in [4.69, 9.17) is 9.47 Å². The zero-order valence-electron chi connectivity index (χ0n) is 10.1. The first-order chi connectivity index (χ1) is 6.92. The van der Waals surface area contributed by atoms with E-state index in [1.54, 1.807) is 4.90 Å². The van der Waals surface area contributed by atoms with Crippen LogP contribution >= 0.6 is 0 Å². The van der Waals surface area contributed by atoms with Gasteiger partial charge in [-0.05, 0) is 34.1 Å². The summed E-state index contributed by atoms with van der Waals surface area (Å²) in [5.74, 6) is 0. The topological polar surface area (TPSA) is 38.8 Å². The third-order valence-corrected chi connectivity index (χ3v) is 2.20. The number of amides is 1. The molecule has 0 aromatic carbocycles. The molecule has 4 heteroatoms. The van der Waals surface area contributed by atoms with Crippen LogP contribution in [0.15, 0.2) is 0 Å². The Morgan fingerprint density at radius 3 is 2.67 bits per heavy atom. The smallest absolute Gasteiger partial charge is 0.410 e. The molecule has 0 aromatic rings. The van der Waals surface area contributed by atoms with Crippen molar-refractivity contribution in [3.63, 3.8) is 0 Å². The molecule has 1 aliphatic heterocycles. The predicted molar refractivity (Wildman–Crippen MR) is 57.8 cm³/mol. The van der Waals surface area contributed by atoms with E-state index in [9.17, 15) is 4.79 Å². The Hall–Kier alpha value is -0.770. The number of carbonyl (C=O) groups excluding carboxylic acids is 1. The molecular formula is C11H21NO3. The van der Waals surface area contributed by atoms with Crippen LogP contribution in [0.3, 0.4) is 0 Å². The van der Waals surface area contributed by atoms with Gasteiger partial charge in [-0.1, -0.05) is 0 Å². The summed E-state index contributed by atoms with van der Waals surface area (Å²) in [6.45, 7) is 9.69. The highest BCUT2D eigenvalue weighted by molar-refractivity contribution is 5.68. The van der Waals surface area contributed by atoms with Gasteiger partial charge in [0.1, 0.15) is 5.60 Å². The predicted octanol–water partition coefficient (Wildman–Crippen LogP) is 2.03. The Morgan fingerprint density at radius 1 is 1.47 bits per heavy atom. The minimum atomic E-state index is -0.416. The number of ether oxygens (including phenoxy) is 2. The summed E-state index contributed by atoms with van der Waals surface area (Å²) >= 11 is 0. The molecule has 1 fully saturated rings. The largest absolute Gasteiger partial charge is 0.444 e. The average Bonchev–Trinajstić information content (AvgIpc) is 2.50. The first kappa shape index (κ1) is 12.3. The maximum absolute atomic E-state index is 11.7. The number of likely N-dealkylation sites (tertiary alicyclic amines) is 1. The molecule has 1 heterocycles. The zero-order valence-corrected chi connectivity index (χ0v) is 10.1. The Labute approximate surface area is 91.5 Å². The normalized spacial score (nSPS) is 21.9. The van der Waals surface area contributed by atoms with Gasteiger partial charge in [0.15, 0.2) is 0 Å². The molecule has 1 atom stereocenters. The Kier molecular flexibility index (Phi) is 3.97. The molecule has 1 saturated heterocycles. The molecule has 1 amide bonds. The molecule has 0 bridgehead atoms. The summed E-state index contributed by atoms with van der Waals surface area (Å²) < 4.78 is 10.7. The number of rotatable bonds is 2. The Bertz CT molecular complexity index is 222. The second-order valence-electron chi connectivity index (χ2n) is 4.79. The van der Waals surface area contributed by atoms with Crippen molar-refractivity contribution in [1.82, 2.24) is 4.90 Å².